The van der Waals surface area contributed by atoms with Gasteiger partial charge in [0.1, 0.15) is 6.04 Å². The van der Waals surface area contributed by atoms with E-state index in [1.807, 2.05) is 13.8 Å². The number of hydrogen-bond donors (Lipinski definition) is 2. The number of carboxylic acids is 1. The fraction of sp³-hybridized carbons (Fsp3) is 0.857. The maximum atomic E-state index is 10.2. The first-order valence-corrected chi connectivity index (χ1v) is 3.08. The van der Waals surface area contributed by atoms with Gasteiger partial charge < -0.3 is 10.8 Å². The molecule has 10 heavy (non-hydrogen) atoms. The van der Waals surface area contributed by atoms with Crippen molar-refractivity contribution < 1.29 is 9.90 Å². The number of carbonyl (C=O) groups is 1. The molecule has 0 aliphatic carbocycles. The Morgan fingerprint density at radius 2 is 2.10 bits per heavy atom. The van der Waals surface area contributed by atoms with Crippen LogP contribution in [0.15, 0.2) is 0 Å². The zero-order valence-corrected chi connectivity index (χ0v) is 5.79. The first-order chi connectivity index (χ1) is 4.09. The van der Waals surface area contributed by atoms with Crippen molar-refractivity contribution in [2.75, 3.05) is 0 Å². The quantitative estimate of drug-likeness (QED) is 0.628. The fourth-order valence-corrected chi connectivity index (χ4v) is 0.497. The standard InChI is InChI=1S/C6H13NO2.CH4/c1-3-4(2)5(7)6(8)9;/h4-5H,3,7H2,1-2H3,(H,8,9);1H4/t4-,5-;/m0./s1. The van der Waals surface area contributed by atoms with Crippen LogP contribution in [0.4, 0.5) is 0 Å². The summed E-state index contributed by atoms with van der Waals surface area (Å²) in [7, 11) is 0. The van der Waals surface area contributed by atoms with Gasteiger partial charge in [-0.15, -0.1) is 0 Å². The van der Waals surface area contributed by atoms with E-state index in [4.69, 9.17) is 10.8 Å². The van der Waals surface area contributed by atoms with E-state index < -0.39 is 12.0 Å². The summed E-state index contributed by atoms with van der Waals surface area (Å²) >= 11 is 0. The van der Waals surface area contributed by atoms with Crippen LogP contribution in [0.3, 0.4) is 0 Å². The van der Waals surface area contributed by atoms with Gasteiger partial charge in [0.15, 0.2) is 0 Å². The summed E-state index contributed by atoms with van der Waals surface area (Å²) in [5, 5.41) is 8.36. The molecular weight excluding hydrogens is 130 g/mol. The molecule has 0 spiro atoms. The lowest BCUT2D eigenvalue weighted by Gasteiger charge is -2.11. The maximum absolute atomic E-state index is 10.2. The molecule has 0 saturated carbocycles. The Morgan fingerprint density at radius 1 is 1.70 bits per heavy atom. The van der Waals surface area contributed by atoms with Gasteiger partial charge in [-0.05, 0) is 5.92 Å². The molecule has 0 aliphatic heterocycles. The van der Waals surface area contributed by atoms with Crippen molar-refractivity contribution in [3.8, 4) is 0 Å². The number of hydrogen-bond acceptors (Lipinski definition) is 2. The SMILES string of the molecule is C.CC[C@H](C)[C@H](N)C(=O)O. The van der Waals surface area contributed by atoms with E-state index in [1.54, 1.807) is 0 Å². The third-order valence-electron chi connectivity index (χ3n) is 1.54. The Labute approximate surface area is 62.2 Å². The Balaban J connectivity index is 0. The normalized spacial score (nSPS) is 15.1. The fourth-order valence-electron chi connectivity index (χ4n) is 0.497. The highest BCUT2D eigenvalue weighted by Gasteiger charge is 2.17. The van der Waals surface area contributed by atoms with E-state index in [0.29, 0.717) is 0 Å². The van der Waals surface area contributed by atoms with Crippen LogP contribution in [0.5, 0.6) is 0 Å². The van der Waals surface area contributed by atoms with Gasteiger partial charge >= 0.3 is 5.97 Å². The molecule has 0 radical (unpaired) electrons. The minimum atomic E-state index is -0.913. The average molecular weight is 147 g/mol. The molecule has 0 aromatic rings. The zero-order valence-electron chi connectivity index (χ0n) is 5.79. The highest BCUT2D eigenvalue weighted by atomic mass is 16.4. The Hall–Kier alpha value is -0.570. The molecular formula is C7H17NO2. The summed E-state index contributed by atoms with van der Waals surface area (Å²) in [6.07, 6.45) is 0.813. The highest BCUT2D eigenvalue weighted by molar-refractivity contribution is 5.73. The summed E-state index contributed by atoms with van der Waals surface area (Å²) < 4.78 is 0. The van der Waals surface area contributed by atoms with Gasteiger partial charge in [-0.1, -0.05) is 27.7 Å². The van der Waals surface area contributed by atoms with Crippen molar-refractivity contribution >= 4 is 5.97 Å². The van der Waals surface area contributed by atoms with Gasteiger partial charge in [0.05, 0.1) is 0 Å². The van der Waals surface area contributed by atoms with E-state index >= 15 is 0 Å². The van der Waals surface area contributed by atoms with Crippen LogP contribution in [0.1, 0.15) is 27.7 Å². The second-order valence-electron chi connectivity index (χ2n) is 2.25. The first kappa shape index (κ1) is 12.1. The second kappa shape index (κ2) is 5.23. The smallest absolute Gasteiger partial charge is 0.320 e. The second-order valence-corrected chi connectivity index (χ2v) is 2.25. The summed E-state index contributed by atoms with van der Waals surface area (Å²) in [5.74, 6) is -0.841. The molecule has 0 bridgehead atoms. The number of carboxylic acid groups (broad SMARTS) is 1. The van der Waals surface area contributed by atoms with E-state index in [2.05, 4.69) is 0 Å². The molecule has 3 N–H and O–H groups in total. The average Bonchev–Trinajstić information content (AvgIpc) is 1.84. The predicted molar refractivity (Wildman–Crippen MR) is 41.8 cm³/mol. The molecule has 0 heterocycles. The van der Waals surface area contributed by atoms with Gasteiger partial charge in [0.2, 0.25) is 0 Å². The molecule has 0 aromatic heterocycles. The molecule has 2 atom stereocenters. The molecule has 0 unspecified atom stereocenters. The van der Waals surface area contributed by atoms with Crippen LogP contribution in [-0.4, -0.2) is 17.1 Å². The van der Waals surface area contributed by atoms with Gasteiger partial charge in [0, 0.05) is 0 Å². The first-order valence-electron chi connectivity index (χ1n) is 3.08. The van der Waals surface area contributed by atoms with Crippen LogP contribution < -0.4 is 5.73 Å². The van der Waals surface area contributed by atoms with Gasteiger partial charge in [0.25, 0.3) is 0 Å². The van der Waals surface area contributed by atoms with E-state index in [9.17, 15) is 4.79 Å². The summed E-state index contributed by atoms with van der Waals surface area (Å²) in [6.45, 7) is 3.76. The van der Waals surface area contributed by atoms with Crippen LogP contribution in [0.25, 0.3) is 0 Å². The Morgan fingerprint density at radius 3 is 2.20 bits per heavy atom. The Kier molecular flexibility index (Phi) is 6.35. The zero-order chi connectivity index (χ0) is 7.44. The minimum Gasteiger partial charge on any atom is -0.480 e. The van der Waals surface area contributed by atoms with Crippen molar-refractivity contribution in [1.82, 2.24) is 0 Å². The van der Waals surface area contributed by atoms with Crippen molar-refractivity contribution in [2.24, 2.45) is 11.7 Å². The van der Waals surface area contributed by atoms with Crippen molar-refractivity contribution in [3.05, 3.63) is 0 Å². The highest BCUT2D eigenvalue weighted by Crippen LogP contribution is 2.04. The van der Waals surface area contributed by atoms with Crippen molar-refractivity contribution in [2.45, 2.75) is 33.7 Å². The van der Waals surface area contributed by atoms with Gasteiger partial charge in [-0.2, -0.15) is 0 Å². The molecule has 0 aromatic carbocycles. The number of rotatable bonds is 3. The number of nitrogens with two attached hydrogens (primary N) is 1. The molecule has 62 valence electrons. The van der Waals surface area contributed by atoms with Crippen molar-refractivity contribution in [1.29, 1.82) is 0 Å². The molecule has 3 heteroatoms. The molecule has 0 fully saturated rings. The largest absolute Gasteiger partial charge is 0.480 e. The van der Waals surface area contributed by atoms with Crippen LogP contribution >= 0.6 is 0 Å². The lowest BCUT2D eigenvalue weighted by atomic mass is 10.0. The molecule has 0 rings (SSSR count). The molecule has 3 nitrogen and oxygen atoms in total. The molecule has 0 saturated heterocycles. The topological polar surface area (TPSA) is 63.3 Å². The van der Waals surface area contributed by atoms with Crippen LogP contribution in [-0.2, 0) is 4.79 Å². The minimum absolute atomic E-state index is 0. The summed E-state index contributed by atoms with van der Waals surface area (Å²) in [5.41, 5.74) is 5.27. The summed E-state index contributed by atoms with van der Waals surface area (Å²) in [6, 6.07) is -0.699. The Bertz CT molecular complexity index is 104. The predicted octanol–water partition coefficient (Wildman–Crippen LogP) is 1.08. The van der Waals surface area contributed by atoms with E-state index in [-0.39, 0.29) is 13.3 Å². The lowest BCUT2D eigenvalue weighted by Crippen LogP contribution is -2.36. The van der Waals surface area contributed by atoms with Gasteiger partial charge in [-0.25, -0.2) is 0 Å². The van der Waals surface area contributed by atoms with E-state index in [0.717, 1.165) is 6.42 Å². The third kappa shape index (κ3) is 3.45. The van der Waals surface area contributed by atoms with Gasteiger partial charge in [-0.3, -0.25) is 4.79 Å². The maximum Gasteiger partial charge on any atom is 0.320 e. The monoisotopic (exact) mass is 147 g/mol. The van der Waals surface area contributed by atoms with Crippen molar-refractivity contribution in [3.63, 3.8) is 0 Å². The van der Waals surface area contributed by atoms with E-state index in [1.165, 1.54) is 0 Å². The third-order valence-corrected chi connectivity index (χ3v) is 1.54. The summed E-state index contributed by atoms with van der Waals surface area (Å²) in [4.78, 5) is 10.2. The van der Waals surface area contributed by atoms with Crippen LogP contribution in [0, 0.1) is 5.92 Å². The molecule has 0 aliphatic rings. The molecule has 0 amide bonds. The lowest BCUT2D eigenvalue weighted by molar-refractivity contribution is -0.139. The number of aliphatic carboxylic acids is 1. The van der Waals surface area contributed by atoms with Crippen LogP contribution in [0.2, 0.25) is 0 Å².